The average Bonchev–Trinajstić information content (AvgIpc) is 3.54. The van der Waals surface area contributed by atoms with E-state index in [1.165, 1.54) is 35.4 Å². The Kier molecular flexibility index (Phi) is 7.79. The lowest BCUT2D eigenvalue weighted by molar-refractivity contribution is -0.147. The van der Waals surface area contributed by atoms with E-state index in [1.54, 1.807) is 0 Å². The van der Waals surface area contributed by atoms with E-state index >= 15 is 4.39 Å². The zero-order valence-electron chi connectivity index (χ0n) is 28.9. The highest BCUT2D eigenvalue weighted by molar-refractivity contribution is 6.03. The summed E-state index contributed by atoms with van der Waals surface area (Å²) in [4.78, 5) is 32.2. The largest absolute Gasteiger partial charge is 0.508 e. The molecule has 276 valence electrons. The number of anilines is 1. The van der Waals surface area contributed by atoms with Gasteiger partial charge in [-0.3, -0.25) is 14.7 Å². The van der Waals surface area contributed by atoms with E-state index in [2.05, 4.69) is 20.8 Å². The Balaban J connectivity index is 1.13. The molecule has 1 amide bonds. The van der Waals surface area contributed by atoms with Crippen LogP contribution in [-0.2, 0) is 4.79 Å². The second-order valence-corrected chi connectivity index (χ2v) is 15.6. The minimum Gasteiger partial charge on any atom is -0.508 e. The first-order valence-corrected chi connectivity index (χ1v) is 18.1. The molecule has 1 N–H and O–H groups in total. The number of rotatable bonds is 6. The van der Waals surface area contributed by atoms with Crippen molar-refractivity contribution in [3.63, 3.8) is 0 Å². The lowest BCUT2D eigenvalue weighted by Gasteiger charge is -2.51. The lowest BCUT2D eigenvalue weighted by Crippen LogP contribution is -2.62. The number of phenols is 1. The van der Waals surface area contributed by atoms with Crippen LogP contribution in [0, 0.1) is 35.3 Å². The number of ether oxygens (including phenoxy) is 1. The lowest BCUT2D eigenvalue weighted by atomic mass is 9.75. The molecule has 0 unspecified atom stereocenters. The van der Waals surface area contributed by atoms with Crippen LogP contribution in [0.25, 0.3) is 32.9 Å². The first kappa shape index (κ1) is 34.0. The summed E-state index contributed by atoms with van der Waals surface area (Å²) in [6.45, 7) is 2.81. The van der Waals surface area contributed by atoms with Crippen LogP contribution in [0.1, 0.15) is 50.5 Å². The van der Waals surface area contributed by atoms with Crippen molar-refractivity contribution in [1.29, 1.82) is 0 Å². The van der Waals surface area contributed by atoms with E-state index in [9.17, 15) is 27.5 Å². The zero-order chi connectivity index (χ0) is 36.9. The summed E-state index contributed by atoms with van der Waals surface area (Å²) < 4.78 is 80.3. The summed E-state index contributed by atoms with van der Waals surface area (Å²) in [7, 11) is 0. The number of carbonyl (C=O) groups excluding carboxylic acids is 1. The molecule has 9 rings (SSSR count). The highest BCUT2D eigenvalue weighted by atomic mass is 19.3. The number of halogens is 5. The van der Waals surface area contributed by atoms with Gasteiger partial charge in [-0.05, 0) is 55.8 Å². The molecule has 2 aromatic heterocycles. The van der Waals surface area contributed by atoms with Gasteiger partial charge in [0, 0.05) is 68.1 Å². The molecule has 6 heterocycles. The van der Waals surface area contributed by atoms with Crippen LogP contribution in [-0.4, -0.2) is 99.3 Å². The fourth-order valence-electron chi connectivity index (χ4n) is 9.34. The maximum atomic E-state index is 17.1. The second kappa shape index (κ2) is 12.1. The number of hydrogen-bond donors (Lipinski definition) is 1. The van der Waals surface area contributed by atoms with Gasteiger partial charge in [0.15, 0.2) is 5.82 Å². The van der Waals surface area contributed by atoms with Gasteiger partial charge in [0.25, 0.3) is 5.92 Å². The van der Waals surface area contributed by atoms with Gasteiger partial charge in [-0.1, -0.05) is 18.4 Å². The molecule has 0 radical (unpaired) electrons. The molecule has 3 atom stereocenters. The molecule has 4 aliphatic heterocycles. The molecule has 1 spiro atoms. The summed E-state index contributed by atoms with van der Waals surface area (Å²) in [5.41, 5.74) is -1.28. The van der Waals surface area contributed by atoms with Crippen LogP contribution >= 0.6 is 0 Å². The maximum Gasteiger partial charge on any atom is 0.319 e. The molecule has 9 nitrogen and oxygen atoms in total. The number of aromatic hydroxyl groups is 1. The fraction of sp³-hybridized carbons (Fsp3) is 0.487. The third-order valence-electron chi connectivity index (χ3n) is 12.0. The van der Waals surface area contributed by atoms with E-state index in [4.69, 9.17) is 16.1 Å². The highest BCUT2D eigenvalue weighted by Crippen LogP contribution is 2.52. The van der Waals surface area contributed by atoms with Crippen molar-refractivity contribution in [2.24, 2.45) is 11.3 Å². The number of amides is 1. The quantitative estimate of drug-likeness (QED) is 0.184. The average molecular weight is 733 g/mol. The third-order valence-corrected chi connectivity index (χ3v) is 12.0. The van der Waals surface area contributed by atoms with Crippen molar-refractivity contribution < 1.29 is 36.6 Å². The molecular formula is C39H37F5N6O3. The molecule has 0 bridgehead atoms. The number of carbonyl (C=O) groups is 1. The van der Waals surface area contributed by atoms with Gasteiger partial charge in [-0.15, -0.1) is 6.42 Å². The van der Waals surface area contributed by atoms with E-state index in [-0.39, 0.29) is 56.9 Å². The van der Waals surface area contributed by atoms with Crippen LogP contribution in [0.2, 0.25) is 0 Å². The Morgan fingerprint density at radius 1 is 1.06 bits per heavy atom. The number of phenolic OH excluding ortho intramolecular Hbond substituents is 1. The molecule has 1 aliphatic carbocycles. The Hall–Kier alpha value is -4.77. The summed E-state index contributed by atoms with van der Waals surface area (Å²) >= 11 is 0. The van der Waals surface area contributed by atoms with Crippen LogP contribution < -0.4 is 9.64 Å². The fourth-order valence-corrected chi connectivity index (χ4v) is 9.34. The third kappa shape index (κ3) is 5.61. The Bertz CT molecular complexity index is 2220. The van der Waals surface area contributed by atoms with Crippen molar-refractivity contribution in [2.45, 2.75) is 62.6 Å². The number of hydrogen-bond acceptors (Lipinski definition) is 8. The minimum atomic E-state index is -2.94. The summed E-state index contributed by atoms with van der Waals surface area (Å²) in [6.07, 6.45) is 10.1. The van der Waals surface area contributed by atoms with Gasteiger partial charge in [-0.25, -0.2) is 22.0 Å². The van der Waals surface area contributed by atoms with E-state index in [1.807, 2.05) is 4.90 Å². The van der Waals surface area contributed by atoms with Crippen LogP contribution in [0.5, 0.6) is 11.8 Å². The molecule has 14 heteroatoms. The molecule has 2 aromatic carbocycles. The van der Waals surface area contributed by atoms with Gasteiger partial charge >= 0.3 is 6.01 Å². The summed E-state index contributed by atoms with van der Waals surface area (Å²) in [5, 5.41) is 11.5. The molecule has 4 aromatic rings. The van der Waals surface area contributed by atoms with E-state index in [0.717, 1.165) is 38.6 Å². The number of benzene rings is 2. The number of terminal acetylenes is 1. The Morgan fingerprint density at radius 3 is 2.64 bits per heavy atom. The minimum absolute atomic E-state index is 0.0732. The van der Waals surface area contributed by atoms with Gasteiger partial charge in [0.2, 0.25) is 5.91 Å². The number of pyridine rings is 1. The van der Waals surface area contributed by atoms with Crippen LogP contribution in [0.3, 0.4) is 0 Å². The topological polar surface area (TPSA) is 94.9 Å². The van der Waals surface area contributed by atoms with Crippen LogP contribution in [0.4, 0.5) is 27.8 Å². The van der Waals surface area contributed by atoms with Crippen molar-refractivity contribution in [1.82, 2.24) is 24.8 Å². The number of alkyl halides is 3. The highest BCUT2D eigenvalue weighted by Gasteiger charge is 2.64. The van der Waals surface area contributed by atoms with Crippen molar-refractivity contribution in [3.8, 4) is 35.4 Å². The molecule has 5 aliphatic rings. The Labute approximate surface area is 302 Å². The van der Waals surface area contributed by atoms with Gasteiger partial charge in [0.05, 0.1) is 16.5 Å². The van der Waals surface area contributed by atoms with Gasteiger partial charge in [0.1, 0.15) is 47.3 Å². The molecule has 53 heavy (non-hydrogen) atoms. The number of nitrogens with zero attached hydrogens (tertiary/aromatic N) is 6. The molecular weight excluding hydrogens is 695 g/mol. The normalized spacial score (nSPS) is 26.0. The monoisotopic (exact) mass is 732 g/mol. The van der Waals surface area contributed by atoms with Crippen molar-refractivity contribution in [2.75, 3.05) is 50.8 Å². The summed E-state index contributed by atoms with van der Waals surface area (Å²) in [6, 6.07) is 5.20. The summed E-state index contributed by atoms with van der Waals surface area (Å²) in [5.74, 6) is -3.77. The molecule has 5 fully saturated rings. The van der Waals surface area contributed by atoms with Gasteiger partial charge in [-0.2, -0.15) is 9.97 Å². The first-order valence-electron chi connectivity index (χ1n) is 18.1. The van der Waals surface area contributed by atoms with Crippen molar-refractivity contribution in [3.05, 3.63) is 47.7 Å². The number of aromatic nitrogens is 3. The zero-order valence-corrected chi connectivity index (χ0v) is 28.9. The SMILES string of the molecule is C#Cc1c(F)ccc2cc(O)cc(-c3ncc4c(N5CCCCC6(CN(C(=O)[C@H]7CC7(F)F)C6)C5)nc(OC[C@@]56CCCN5C[C@H](F)C6)nc4c3F)c12. The van der Waals surface area contributed by atoms with E-state index in [0.29, 0.717) is 50.3 Å². The first-order chi connectivity index (χ1) is 25.4. The predicted molar refractivity (Wildman–Crippen MR) is 186 cm³/mol. The molecule has 4 saturated heterocycles. The van der Waals surface area contributed by atoms with Gasteiger partial charge < -0.3 is 19.6 Å². The predicted octanol–water partition coefficient (Wildman–Crippen LogP) is 6.24. The Morgan fingerprint density at radius 2 is 1.87 bits per heavy atom. The standard InChI is InChI=1S/C39H37F5N6O3/c1-2-25-29(41)7-6-22-12-24(51)13-26(30(22)25)32-31(42)33-27(16-45-32)34(47-36(46-33)53-21-38-9-5-11-50(38)17-23(40)14-38)48-10-4-3-8-37(18-48)19-49(20-37)35(52)28-15-39(28,43)44/h1,6-7,12-13,16,23,28,51H,3-5,8-11,14-15,17-21H2/t23-,28-,38+/m1/s1. The smallest absolute Gasteiger partial charge is 0.319 e. The second-order valence-electron chi connectivity index (χ2n) is 15.6. The number of fused-ring (bicyclic) bond motifs is 3. The van der Waals surface area contributed by atoms with Crippen molar-refractivity contribution >= 4 is 33.4 Å². The number of likely N-dealkylation sites (tertiary alicyclic amines) is 1. The van der Waals surface area contributed by atoms with Crippen LogP contribution in [0.15, 0.2) is 30.5 Å². The maximum absolute atomic E-state index is 17.1. The van der Waals surface area contributed by atoms with E-state index < -0.39 is 47.5 Å². The molecule has 1 saturated carbocycles.